The molecule has 0 fully saturated rings. The molecule has 2 aromatic heterocycles. The van der Waals surface area contributed by atoms with Gasteiger partial charge in [-0.15, -0.1) is 0 Å². The number of imidazole rings is 1. The molecule has 33 heavy (non-hydrogen) atoms. The van der Waals surface area contributed by atoms with Gasteiger partial charge in [-0.05, 0) is 47.5 Å². The minimum atomic E-state index is -4.51. The van der Waals surface area contributed by atoms with Crippen LogP contribution in [0.3, 0.4) is 0 Å². The van der Waals surface area contributed by atoms with Crippen molar-refractivity contribution in [3.63, 3.8) is 0 Å². The SMILES string of the molecule is O=C(NCC(F)(F)F)C(=Cc1cccnc1)c1ccc(OCc2nc3ccccc3[nH]2)cc1. The van der Waals surface area contributed by atoms with Crippen LogP contribution in [0.4, 0.5) is 13.2 Å². The van der Waals surface area contributed by atoms with Crippen LogP contribution in [0.15, 0.2) is 73.1 Å². The predicted octanol–water partition coefficient (Wildman–Crippen LogP) is 4.76. The molecule has 0 radical (unpaired) electrons. The number of hydrogen-bond acceptors (Lipinski definition) is 4. The van der Waals surface area contributed by atoms with E-state index < -0.39 is 18.6 Å². The van der Waals surface area contributed by atoms with Crippen molar-refractivity contribution >= 4 is 28.6 Å². The van der Waals surface area contributed by atoms with Gasteiger partial charge >= 0.3 is 6.18 Å². The number of aromatic nitrogens is 3. The third-order valence-corrected chi connectivity index (χ3v) is 4.67. The Morgan fingerprint density at radius 2 is 1.85 bits per heavy atom. The molecular weight excluding hydrogens is 433 g/mol. The number of aromatic amines is 1. The lowest BCUT2D eigenvalue weighted by Crippen LogP contribution is -2.34. The highest BCUT2D eigenvalue weighted by atomic mass is 19.4. The molecule has 0 aliphatic carbocycles. The fraction of sp³-hybridized carbons (Fsp3) is 0.125. The van der Waals surface area contributed by atoms with Gasteiger partial charge in [0.2, 0.25) is 0 Å². The molecule has 2 N–H and O–H groups in total. The van der Waals surface area contributed by atoms with Gasteiger partial charge in [0.1, 0.15) is 24.7 Å². The van der Waals surface area contributed by atoms with Crippen molar-refractivity contribution in [3.05, 3.63) is 90.0 Å². The number of hydrogen-bond donors (Lipinski definition) is 2. The summed E-state index contributed by atoms with van der Waals surface area (Å²) in [7, 11) is 0. The Labute approximate surface area is 187 Å². The Morgan fingerprint density at radius 3 is 2.55 bits per heavy atom. The lowest BCUT2D eigenvalue weighted by atomic mass is 10.0. The Kier molecular flexibility index (Phi) is 6.39. The van der Waals surface area contributed by atoms with E-state index in [-0.39, 0.29) is 12.2 Å². The number of H-pyrrole nitrogens is 1. The summed E-state index contributed by atoms with van der Waals surface area (Å²) in [6, 6.07) is 17.5. The lowest BCUT2D eigenvalue weighted by Gasteiger charge is -2.12. The summed E-state index contributed by atoms with van der Waals surface area (Å²) in [5.41, 5.74) is 2.84. The van der Waals surface area contributed by atoms with Crippen LogP contribution in [0.2, 0.25) is 0 Å². The van der Waals surface area contributed by atoms with Crippen molar-refractivity contribution in [3.8, 4) is 5.75 Å². The highest BCUT2D eigenvalue weighted by molar-refractivity contribution is 6.24. The fourth-order valence-electron chi connectivity index (χ4n) is 3.14. The van der Waals surface area contributed by atoms with Gasteiger partial charge in [-0.2, -0.15) is 13.2 Å². The molecule has 0 saturated heterocycles. The zero-order valence-electron chi connectivity index (χ0n) is 17.3. The second-order valence-corrected chi connectivity index (χ2v) is 7.16. The predicted molar refractivity (Wildman–Crippen MR) is 118 cm³/mol. The average Bonchev–Trinajstić information content (AvgIpc) is 3.23. The lowest BCUT2D eigenvalue weighted by molar-refractivity contribution is -0.135. The summed E-state index contributed by atoms with van der Waals surface area (Å²) in [5.74, 6) is 0.340. The molecule has 4 rings (SSSR count). The Balaban J connectivity index is 1.50. The van der Waals surface area contributed by atoms with Gasteiger partial charge in [0.05, 0.1) is 11.0 Å². The molecular formula is C24H19F3N4O2. The van der Waals surface area contributed by atoms with Gasteiger partial charge in [0.15, 0.2) is 0 Å². The van der Waals surface area contributed by atoms with Crippen molar-refractivity contribution in [2.75, 3.05) is 6.54 Å². The van der Waals surface area contributed by atoms with Gasteiger partial charge in [0, 0.05) is 18.0 Å². The Morgan fingerprint density at radius 1 is 1.06 bits per heavy atom. The summed E-state index contributed by atoms with van der Waals surface area (Å²) in [4.78, 5) is 24.1. The summed E-state index contributed by atoms with van der Waals surface area (Å²) < 4.78 is 43.5. The minimum absolute atomic E-state index is 0.0797. The number of ether oxygens (including phenoxy) is 1. The maximum absolute atomic E-state index is 12.6. The van der Waals surface area contributed by atoms with Crippen LogP contribution in [0, 0.1) is 0 Å². The third kappa shape index (κ3) is 5.97. The fourth-order valence-corrected chi connectivity index (χ4v) is 3.14. The molecule has 6 nitrogen and oxygen atoms in total. The molecule has 1 amide bonds. The number of nitrogens with one attached hydrogen (secondary N) is 2. The van der Waals surface area contributed by atoms with E-state index in [4.69, 9.17) is 4.74 Å². The number of halogens is 3. The molecule has 9 heteroatoms. The molecule has 2 heterocycles. The molecule has 0 aliphatic rings. The van der Waals surface area contributed by atoms with Gasteiger partial charge in [0.25, 0.3) is 5.91 Å². The average molecular weight is 452 g/mol. The first-order chi connectivity index (χ1) is 15.9. The van der Waals surface area contributed by atoms with E-state index in [1.54, 1.807) is 42.6 Å². The van der Waals surface area contributed by atoms with E-state index in [0.29, 0.717) is 22.7 Å². The quantitative estimate of drug-likeness (QED) is 0.397. The van der Waals surface area contributed by atoms with Crippen LogP contribution in [0.25, 0.3) is 22.7 Å². The monoisotopic (exact) mass is 452 g/mol. The molecule has 4 aromatic rings. The number of carbonyl (C=O) groups excluding carboxylic acids is 1. The van der Waals surface area contributed by atoms with E-state index in [9.17, 15) is 18.0 Å². The topological polar surface area (TPSA) is 79.9 Å². The standard InChI is InChI=1S/C24H19F3N4O2/c25-24(26,27)15-29-23(32)19(12-16-4-3-11-28-13-16)17-7-9-18(10-8-17)33-14-22-30-20-5-1-2-6-21(20)31-22/h1-13H,14-15H2,(H,29,32)(H,30,31). The number of carbonyl (C=O) groups is 1. The first-order valence-electron chi connectivity index (χ1n) is 10.0. The smallest absolute Gasteiger partial charge is 0.405 e. The van der Waals surface area contributed by atoms with Gasteiger partial charge in [-0.25, -0.2) is 4.98 Å². The van der Waals surface area contributed by atoms with Crippen LogP contribution < -0.4 is 10.1 Å². The highest BCUT2D eigenvalue weighted by Crippen LogP contribution is 2.23. The first-order valence-corrected chi connectivity index (χ1v) is 10.0. The number of alkyl halides is 3. The van der Waals surface area contributed by atoms with Crippen molar-refractivity contribution in [2.24, 2.45) is 0 Å². The third-order valence-electron chi connectivity index (χ3n) is 4.67. The Bertz CT molecular complexity index is 1230. The highest BCUT2D eigenvalue weighted by Gasteiger charge is 2.28. The van der Waals surface area contributed by atoms with Crippen LogP contribution in [-0.2, 0) is 11.4 Å². The molecule has 0 atom stereocenters. The molecule has 0 saturated carbocycles. The summed E-state index contributed by atoms with van der Waals surface area (Å²) in [6.07, 6.45) is 0.0587. The zero-order chi connectivity index (χ0) is 23.3. The normalized spacial score (nSPS) is 12.0. The minimum Gasteiger partial charge on any atom is -0.486 e. The summed E-state index contributed by atoms with van der Waals surface area (Å²) in [6.45, 7) is -1.21. The number of rotatable bonds is 7. The van der Waals surface area contributed by atoms with E-state index in [2.05, 4.69) is 15.0 Å². The van der Waals surface area contributed by atoms with Gasteiger partial charge in [-0.3, -0.25) is 9.78 Å². The summed E-state index contributed by atoms with van der Waals surface area (Å²) in [5, 5.41) is 1.92. The molecule has 2 aromatic carbocycles. The molecule has 0 aliphatic heterocycles. The maximum atomic E-state index is 12.6. The number of benzene rings is 2. The van der Waals surface area contributed by atoms with Crippen molar-refractivity contribution in [2.45, 2.75) is 12.8 Å². The van der Waals surface area contributed by atoms with Gasteiger partial charge < -0.3 is 15.0 Å². The van der Waals surface area contributed by atoms with E-state index in [1.807, 2.05) is 29.6 Å². The van der Waals surface area contributed by atoms with Crippen LogP contribution >= 0.6 is 0 Å². The number of nitrogens with zero attached hydrogens (tertiary/aromatic N) is 2. The van der Waals surface area contributed by atoms with Crippen LogP contribution in [-0.4, -0.2) is 33.6 Å². The Hall–Kier alpha value is -4.14. The van der Waals surface area contributed by atoms with E-state index >= 15 is 0 Å². The van der Waals surface area contributed by atoms with Crippen molar-refractivity contribution in [1.29, 1.82) is 0 Å². The van der Waals surface area contributed by atoms with Crippen LogP contribution in [0.5, 0.6) is 5.75 Å². The number of pyridine rings is 1. The second kappa shape index (κ2) is 9.56. The van der Waals surface area contributed by atoms with E-state index in [0.717, 1.165) is 11.0 Å². The second-order valence-electron chi connectivity index (χ2n) is 7.16. The largest absolute Gasteiger partial charge is 0.486 e. The van der Waals surface area contributed by atoms with Crippen LogP contribution in [0.1, 0.15) is 17.0 Å². The zero-order valence-corrected chi connectivity index (χ0v) is 17.3. The molecule has 0 spiro atoms. The summed E-state index contributed by atoms with van der Waals surface area (Å²) >= 11 is 0. The first kappa shape index (κ1) is 22.1. The molecule has 0 bridgehead atoms. The number of amides is 1. The molecule has 168 valence electrons. The van der Waals surface area contributed by atoms with E-state index in [1.165, 1.54) is 12.3 Å². The number of fused-ring (bicyclic) bond motifs is 1. The van der Waals surface area contributed by atoms with Crippen molar-refractivity contribution < 1.29 is 22.7 Å². The van der Waals surface area contributed by atoms with Crippen molar-refractivity contribution in [1.82, 2.24) is 20.3 Å². The molecule has 0 unspecified atom stereocenters. The number of para-hydroxylation sites is 2. The van der Waals surface area contributed by atoms with Gasteiger partial charge in [-0.1, -0.05) is 30.3 Å². The maximum Gasteiger partial charge on any atom is 0.405 e.